The Hall–Kier alpha value is -3.67. The van der Waals surface area contributed by atoms with Crippen molar-refractivity contribution >= 4 is 12.2 Å². The van der Waals surface area contributed by atoms with Crippen LogP contribution in [0.3, 0.4) is 0 Å². The van der Waals surface area contributed by atoms with Crippen molar-refractivity contribution in [3.8, 4) is 11.6 Å². The minimum absolute atomic E-state index is 0.117. The number of dihydropyridines is 1. The topological polar surface area (TPSA) is 72.8 Å². The van der Waals surface area contributed by atoms with Gasteiger partial charge < -0.3 is 14.8 Å². The van der Waals surface area contributed by atoms with E-state index in [-0.39, 0.29) is 5.92 Å². The molecule has 166 valence electrons. The van der Waals surface area contributed by atoms with E-state index in [9.17, 15) is 4.79 Å². The van der Waals surface area contributed by atoms with Crippen molar-refractivity contribution in [1.29, 1.82) is 0 Å². The quantitative estimate of drug-likeness (QED) is 0.342. The first-order chi connectivity index (χ1) is 15.5. The maximum atomic E-state index is 12.3. The van der Waals surface area contributed by atoms with Crippen LogP contribution in [0.5, 0.6) is 11.6 Å². The molecule has 2 aromatic rings. The summed E-state index contributed by atoms with van der Waals surface area (Å²) in [7, 11) is 0. The summed E-state index contributed by atoms with van der Waals surface area (Å²) in [6.07, 6.45) is 9.85. The summed E-state index contributed by atoms with van der Waals surface area (Å²) in [6.45, 7) is 10.4. The zero-order chi connectivity index (χ0) is 22.9. The van der Waals surface area contributed by atoms with Crippen LogP contribution in [-0.4, -0.2) is 23.8 Å². The van der Waals surface area contributed by atoms with Gasteiger partial charge in [0, 0.05) is 29.5 Å². The number of carbonyl (C=O) groups is 1. The number of ether oxygens (including phenoxy) is 2. The molecule has 0 saturated carbocycles. The van der Waals surface area contributed by atoms with Crippen LogP contribution in [0.25, 0.3) is 0 Å². The number of allylic oxidation sites excluding steroid dienone is 3. The smallest absolute Gasteiger partial charge is 0.355 e. The molecule has 1 atom stereocenters. The molecule has 6 heteroatoms. The first-order valence-corrected chi connectivity index (χ1v) is 10.7. The fourth-order valence-electron chi connectivity index (χ4n) is 3.29. The zero-order valence-electron chi connectivity index (χ0n) is 18.8. The highest BCUT2D eigenvalue weighted by Crippen LogP contribution is 2.24. The summed E-state index contributed by atoms with van der Waals surface area (Å²) >= 11 is 0. The Labute approximate surface area is 189 Å². The van der Waals surface area contributed by atoms with E-state index in [0.29, 0.717) is 24.7 Å². The molecule has 1 N–H and O–H groups in total. The van der Waals surface area contributed by atoms with E-state index >= 15 is 0 Å². The summed E-state index contributed by atoms with van der Waals surface area (Å²) in [6, 6.07) is 10.0. The number of rotatable bonds is 9. The minimum atomic E-state index is -0.406. The number of benzene rings is 1. The molecular weight excluding hydrogens is 402 g/mol. The van der Waals surface area contributed by atoms with Crippen molar-refractivity contribution in [3.63, 3.8) is 0 Å². The lowest BCUT2D eigenvalue weighted by atomic mass is 9.95. The number of pyridine rings is 1. The lowest BCUT2D eigenvalue weighted by molar-refractivity contribution is -0.138. The Bertz CT molecular complexity index is 1050. The van der Waals surface area contributed by atoms with Gasteiger partial charge in [-0.3, -0.25) is 4.99 Å². The van der Waals surface area contributed by atoms with Gasteiger partial charge in [0.05, 0.1) is 13.2 Å². The van der Waals surface area contributed by atoms with E-state index < -0.39 is 5.97 Å². The maximum Gasteiger partial charge on any atom is 0.355 e. The highest BCUT2D eigenvalue weighted by molar-refractivity contribution is 5.97. The molecule has 0 bridgehead atoms. The number of hydrogen-bond donors (Lipinski definition) is 1. The summed E-state index contributed by atoms with van der Waals surface area (Å²) < 4.78 is 11.1. The predicted molar refractivity (Wildman–Crippen MR) is 127 cm³/mol. The Morgan fingerprint density at radius 1 is 1.25 bits per heavy atom. The van der Waals surface area contributed by atoms with E-state index in [2.05, 4.69) is 40.9 Å². The zero-order valence-corrected chi connectivity index (χ0v) is 18.8. The standard InChI is InChI=1S/C26H29N3O3/c1-5-19-8-10-22(11-9-19)32-25-18(4)14-20(16-29-25)15-27-17-23-21(6-2)12-13-28-24(23)26(30)31-7-3/h6,8-14,16-17,21,28H,2,5,7,15H2,1,3-4H3/t21-/m0/s1. The molecule has 0 amide bonds. The monoisotopic (exact) mass is 431 g/mol. The Balaban J connectivity index is 1.71. The highest BCUT2D eigenvalue weighted by Gasteiger charge is 2.21. The normalized spacial score (nSPS) is 15.5. The van der Waals surface area contributed by atoms with Gasteiger partial charge in [0.2, 0.25) is 5.88 Å². The Morgan fingerprint density at radius 2 is 2.03 bits per heavy atom. The van der Waals surface area contributed by atoms with E-state index in [1.807, 2.05) is 31.2 Å². The van der Waals surface area contributed by atoms with Gasteiger partial charge in [-0.25, -0.2) is 9.78 Å². The molecule has 6 nitrogen and oxygen atoms in total. The third-order valence-corrected chi connectivity index (χ3v) is 5.05. The number of carbonyl (C=O) groups excluding carboxylic acids is 1. The molecule has 0 aliphatic carbocycles. The third kappa shape index (κ3) is 5.72. The number of hydrogen-bond acceptors (Lipinski definition) is 6. The largest absolute Gasteiger partial charge is 0.461 e. The molecule has 1 aliphatic rings. The van der Waals surface area contributed by atoms with Crippen LogP contribution in [0.15, 0.2) is 77.7 Å². The average Bonchev–Trinajstić information content (AvgIpc) is 2.81. The van der Waals surface area contributed by atoms with Gasteiger partial charge in [-0.15, -0.1) is 6.58 Å². The number of aromatic nitrogens is 1. The van der Waals surface area contributed by atoms with E-state index in [1.54, 1.807) is 31.6 Å². The molecule has 1 aromatic carbocycles. The molecule has 0 radical (unpaired) electrons. The molecule has 3 rings (SSSR count). The fourth-order valence-corrected chi connectivity index (χ4v) is 3.29. The van der Waals surface area contributed by atoms with Crippen LogP contribution < -0.4 is 10.1 Å². The Morgan fingerprint density at radius 3 is 2.69 bits per heavy atom. The molecule has 32 heavy (non-hydrogen) atoms. The van der Waals surface area contributed by atoms with Gasteiger partial charge in [-0.05, 0) is 55.8 Å². The van der Waals surface area contributed by atoms with Gasteiger partial charge in [-0.1, -0.05) is 31.2 Å². The second-order valence-electron chi connectivity index (χ2n) is 7.35. The van der Waals surface area contributed by atoms with Crippen LogP contribution in [0.4, 0.5) is 0 Å². The number of nitrogens with one attached hydrogen (secondary N) is 1. The molecule has 1 aliphatic heterocycles. The molecule has 2 heterocycles. The molecule has 0 spiro atoms. The summed E-state index contributed by atoms with van der Waals surface area (Å²) in [5.41, 5.74) is 4.24. The molecular formula is C26H29N3O3. The summed E-state index contributed by atoms with van der Waals surface area (Å²) in [5, 5.41) is 2.97. The molecule has 0 saturated heterocycles. The van der Waals surface area contributed by atoms with Crippen LogP contribution in [-0.2, 0) is 22.5 Å². The van der Waals surface area contributed by atoms with Crippen molar-refractivity contribution in [2.75, 3.05) is 6.61 Å². The summed E-state index contributed by atoms with van der Waals surface area (Å²) in [4.78, 5) is 21.3. The maximum absolute atomic E-state index is 12.3. The summed E-state index contributed by atoms with van der Waals surface area (Å²) in [5.74, 6) is 0.809. The molecule has 0 unspecified atom stereocenters. The lowest BCUT2D eigenvalue weighted by Gasteiger charge is -2.19. The third-order valence-electron chi connectivity index (χ3n) is 5.05. The second kappa shape index (κ2) is 11.1. The first kappa shape index (κ1) is 23.0. The number of nitrogens with zero attached hydrogens (tertiary/aromatic N) is 2. The van der Waals surface area contributed by atoms with Crippen molar-refractivity contribution in [3.05, 3.63) is 89.4 Å². The minimum Gasteiger partial charge on any atom is -0.461 e. The number of aliphatic imine (C=N–C) groups is 1. The van der Waals surface area contributed by atoms with Crippen LogP contribution >= 0.6 is 0 Å². The van der Waals surface area contributed by atoms with E-state index in [1.165, 1.54) is 5.56 Å². The van der Waals surface area contributed by atoms with E-state index in [4.69, 9.17) is 9.47 Å². The van der Waals surface area contributed by atoms with Crippen LogP contribution in [0, 0.1) is 12.8 Å². The van der Waals surface area contributed by atoms with Crippen LogP contribution in [0.1, 0.15) is 30.5 Å². The van der Waals surface area contributed by atoms with Gasteiger partial charge in [0.1, 0.15) is 11.4 Å². The average molecular weight is 432 g/mol. The van der Waals surface area contributed by atoms with Crippen molar-refractivity contribution in [2.24, 2.45) is 10.9 Å². The first-order valence-electron chi connectivity index (χ1n) is 10.7. The van der Waals surface area contributed by atoms with Crippen LogP contribution in [0.2, 0.25) is 0 Å². The number of esters is 1. The van der Waals surface area contributed by atoms with Gasteiger partial charge in [-0.2, -0.15) is 0 Å². The lowest BCUT2D eigenvalue weighted by Crippen LogP contribution is -2.26. The van der Waals surface area contributed by atoms with Gasteiger partial charge >= 0.3 is 5.97 Å². The van der Waals surface area contributed by atoms with Crippen molar-refractivity contribution in [1.82, 2.24) is 10.3 Å². The van der Waals surface area contributed by atoms with Gasteiger partial charge in [0.15, 0.2) is 0 Å². The van der Waals surface area contributed by atoms with E-state index in [0.717, 1.165) is 28.9 Å². The molecule has 1 aromatic heterocycles. The molecule has 0 fully saturated rings. The Kier molecular flexibility index (Phi) is 7.97. The van der Waals surface area contributed by atoms with Crippen molar-refractivity contribution in [2.45, 2.75) is 33.7 Å². The number of aryl methyl sites for hydroxylation is 2. The van der Waals surface area contributed by atoms with Crippen molar-refractivity contribution < 1.29 is 14.3 Å². The predicted octanol–water partition coefficient (Wildman–Crippen LogP) is 5.05. The fraction of sp³-hybridized carbons (Fsp3) is 0.269. The van der Waals surface area contributed by atoms with Gasteiger partial charge in [0.25, 0.3) is 0 Å². The highest BCUT2D eigenvalue weighted by atomic mass is 16.5. The SMILES string of the molecule is C=C[C@H]1C=CNC(C(=O)OCC)=C1C=NCc1cnc(Oc2ccc(CC)cc2)c(C)c1. The second-order valence-corrected chi connectivity index (χ2v) is 7.35.